The molecular formula is C75H124O6. The third-order valence-electron chi connectivity index (χ3n) is 14.1. The first-order valence-corrected chi connectivity index (χ1v) is 33.7. The van der Waals surface area contributed by atoms with E-state index < -0.39 is 6.10 Å². The molecule has 1 unspecified atom stereocenters. The molecule has 0 fully saturated rings. The zero-order chi connectivity index (χ0) is 58.5. The number of ether oxygens (including phenoxy) is 3. The van der Waals surface area contributed by atoms with Crippen molar-refractivity contribution in [1.29, 1.82) is 0 Å². The van der Waals surface area contributed by atoms with Crippen molar-refractivity contribution in [2.24, 2.45) is 0 Å². The number of hydrogen-bond acceptors (Lipinski definition) is 6. The van der Waals surface area contributed by atoms with Gasteiger partial charge in [0.15, 0.2) is 6.10 Å². The van der Waals surface area contributed by atoms with E-state index in [4.69, 9.17) is 14.2 Å². The summed E-state index contributed by atoms with van der Waals surface area (Å²) >= 11 is 0. The van der Waals surface area contributed by atoms with Gasteiger partial charge in [0.25, 0.3) is 0 Å². The number of carbonyl (C=O) groups is 3. The molecule has 0 radical (unpaired) electrons. The van der Waals surface area contributed by atoms with Crippen LogP contribution in [0.3, 0.4) is 0 Å². The zero-order valence-corrected chi connectivity index (χ0v) is 52.8. The van der Waals surface area contributed by atoms with Gasteiger partial charge >= 0.3 is 17.9 Å². The summed E-state index contributed by atoms with van der Waals surface area (Å²) in [6.07, 6.45) is 96.3. The Morgan fingerprint density at radius 1 is 0.259 bits per heavy atom. The Morgan fingerprint density at radius 3 is 0.790 bits per heavy atom. The van der Waals surface area contributed by atoms with Crippen LogP contribution in [0.4, 0.5) is 0 Å². The molecule has 0 aliphatic heterocycles. The zero-order valence-electron chi connectivity index (χ0n) is 52.8. The van der Waals surface area contributed by atoms with E-state index in [2.05, 4.69) is 154 Å². The molecule has 81 heavy (non-hydrogen) atoms. The SMILES string of the molecule is CC/C=C\C/C=C\C/C=C\C/C=C\C/C=C\C/C=C\CCCCC(=O)OC(COC(=O)CCCCCCC/C=C\CCCC)COC(=O)CCCCCCCCCCCCCCCCCCCC/C=C\C/C=C\C/C=C\C/C=C\CC. The lowest BCUT2D eigenvalue weighted by Gasteiger charge is -2.18. The van der Waals surface area contributed by atoms with Crippen LogP contribution in [0.25, 0.3) is 0 Å². The van der Waals surface area contributed by atoms with Crippen molar-refractivity contribution in [2.75, 3.05) is 13.2 Å². The summed E-state index contributed by atoms with van der Waals surface area (Å²) in [5.74, 6) is -0.948. The number of allylic oxidation sites excluding steroid dienone is 22. The van der Waals surface area contributed by atoms with Gasteiger partial charge in [0.05, 0.1) is 0 Å². The summed E-state index contributed by atoms with van der Waals surface area (Å²) < 4.78 is 16.9. The fourth-order valence-electron chi connectivity index (χ4n) is 9.13. The summed E-state index contributed by atoms with van der Waals surface area (Å²) in [5, 5.41) is 0. The number of carbonyl (C=O) groups excluding carboxylic acids is 3. The van der Waals surface area contributed by atoms with Gasteiger partial charge in [0.1, 0.15) is 13.2 Å². The lowest BCUT2D eigenvalue weighted by Crippen LogP contribution is -2.30. The van der Waals surface area contributed by atoms with Gasteiger partial charge in [-0.1, -0.05) is 289 Å². The topological polar surface area (TPSA) is 78.9 Å². The van der Waals surface area contributed by atoms with Crippen molar-refractivity contribution >= 4 is 17.9 Å². The van der Waals surface area contributed by atoms with Gasteiger partial charge in [-0.3, -0.25) is 14.4 Å². The molecule has 460 valence electrons. The van der Waals surface area contributed by atoms with Crippen LogP contribution in [0.1, 0.15) is 303 Å². The van der Waals surface area contributed by atoms with Gasteiger partial charge in [-0.05, 0) is 128 Å². The summed E-state index contributed by atoms with van der Waals surface area (Å²) in [7, 11) is 0. The molecule has 0 aliphatic carbocycles. The van der Waals surface area contributed by atoms with Crippen molar-refractivity contribution < 1.29 is 28.6 Å². The van der Waals surface area contributed by atoms with E-state index in [1.807, 2.05) is 0 Å². The fourth-order valence-corrected chi connectivity index (χ4v) is 9.13. The first-order valence-electron chi connectivity index (χ1n) is 33.7. The van der Waals surface area contributed by atoms with Crippen molar-refractivity contribution in [3.05, 3.63) is 134 Å². The van der Waals surface area contributed by atoms with E-state index in [0.29, 0.717) is 19.3 Å². The molecule has 0 heterocycles. The average molecular weight is 1120 g/mol. The van der Waals surface area contributed by atoms with E-state index in [9.17, 15) is 14.4 Å². The highest BCUT2D eigenvalue weighted by Gasteiger charge is 2.19. The summed E-state index contributed by atoms with van der Waals surface area (Å²) in [6, 6.07) is 0. The third kappa shape index (κ3) is 66.2. The minimum absolute atomic E-state index is 0.0993. The monoisotopic (exact) mass is 1120 g/mol. The van der Waals surface area contributed by atoms with Gasteiger partial charge in [-0.2, -0.15) is 0 Å². The van der Waals surface area contributed by atoms with E-state index in [-0.39, 0.29) is 37.5 Å². The number of rotatable bonds is 60. The second-order valence-corrected chi connectivity index (χ2v) is 22.0. The minimum Gasteiger partial charge on any atom is -0.462 e. The molecule has 0 spiro atoms. The lowest BCUT2D eigenvalue weighted by atomic mass is 10.0. The molecule has 0 saturated carbocycles. The molecule has 1 atom stereocenters. The molecule has 0 rings (SSSR count). The molecule has 0 N–H and O–H groups in total. The molecule has 0 aliphatic rings. The first kappa shape index (κ1) is 76.5. The van der Waals surface area contributed by atoms with Crippen LogP contribution in [0, 0.1) is 0 Å². The summed E-state index contributed by atoms with van der Waals surface area (Å²) in [4.78, 5) is 38.3. The fraction of sp³-hybridized carbons (Fsp3) is 0.667. The molecule has 0 aromatic carbocycles. The third-order valence-corrected chi connectivity index (χ3v) is 14.1. The van der Waals surface area contributed by atoms with E-state index in [1.165, 1.54) is 128 Å². The van der Waals surface area contributed by atoms with Crippen LogP contribution in [0.15, 0.2) is 134 Å². The Morgan fingerprint density at radius 2 is 0.481 bits per heavy atom. The van der Waals surface area contributed by atoms with Crippen LogP contribution >= 0.6 is 0 Å². The minimum atomic E-state index is -0.808. The Balaban J connectivity index is 4.25. The van der Waals surface area contributed by atoms with Crippen LogP contribution in [0.5, 0.6) is 0 Å². The standard InChI is InChI=1S/C75H124O6/c1-4-7-10-13-16-19-22-24-26-28-30-32-33-34-35-36-37-38-39-40-41-43-44-46-48-50-53-56-59-62-65-68-74(77)80-71-72(70-79-73(76)67-64-61-58-55-52-21-18-15-12-9-6-3)81-75(78)69-66-63-60-57-54-51-49-47-45-42-31-29-27-25-23-20-17-14-11-8-5-2/h7-8,10-11,15-20,24-27,30-32,42,47,49,54,57,72H,4-6,9,12-14,21-23,28-29,33-41,43-46,48,50-53,55-56,58-71H2,1-3H3/b10-7-,11-8-,18-15-,19-16-,20-17-,26-24-,27-25-,32-30-,42-31-,49-47-,57-54-. The molecule has 6 nitrogen and oxygen atoms in total. The van der Waals surface area contributed by atoms with Crippen LogP contribution in [-0.2, 0) is 28.6 Å². The molecule has 0 bridgehead atoms. The summed E-state index contributed by atoms with van der Waals surface area (Å²) in [5.41, 5.74) is 0. The largest absolute Gasteiger partial charge is 0.462 e. The van der Waals surface area contributed by atoms with Crippen molar-refractivity contribution in [3.8, 4) is 0 Å². The van der Waals surface area contributed by atoms with Crippen LogP contribution < -0.4 is 0 Å². The maximum absolute atomic E-state index is 12.9. The molecule has 0 amide bonds. The molecule has 6 heteroatoms. The molecular weight excluding hydrogens is 997 g/mol. The average Bonchev–Trinajstić information content (AvgIpc) is 3.47. The van der Waals surface area contributed by atoms with Gasteiger partial charge in [0, 0.05) is 19.3 Å². The van der Waals surface area contributed by atoms with Gasteiger partial charge in [-0.25, -0.2) is 0 Å². The quantitative estimate of drug-likeness (QED) is 0.0261. The lowest BCUT2D eigenvalue weighted by molar-refractivity contribution is -0.167. The highest BCUT2D eigenvalue weighted by atomic mass is 16.6. The Labute approximate surface area is 500 Å². The van der Waals surface area contributed by atoms with Gasteiger partial charge in [0.2, 0.25) is 0 Å². The smallest absolute Gasteiger partial charge is 0.306 e. The number of unbranched alkanes of at least 4 members (excludes halogenated alkanes) is 27. The van der Waals surface area contributed by atoms with Gasteiger partial charge < -0.3 is 14.2 Å². The second kappa shape index (κ2) is 68.1. The predicted octanol–water partition coefficient (Wildman–Crippen LogP) is 23.3. The number of hydrogen-bond donors (Lipinski definition) is 0. The Kier molecular flexibility index (Phi) is 64.3. The maximum Gasteiger partial charge on any atom is 0.306 e. The van der Waals surface area contributed by atoms with E-state index in [0.717, 1.165) is 128 Å². The number of esters is 3. The van der Waals surface area contributed by atoms with E-state index >= 15 is 0 Å². The molecule has 0 aromatic rings. The van der Waals surface area contributed by atoms with Crippen LogP contribution in [-0.4, -0.2) is 37.2 Å². The normalized spacial score (nSPS) is 13.0. The van der Waals surface area contributed by atoms with Crippen molar-refractivity contribution in [1.82, 2.24) is 0 Å². The molecule has 0 aromatic heterocycles. The molecule has 0 saturated heterocycles. The van der Waals surface area contributed by atoms with Gasteiger partial charge in [-0.15, -0.1) is 0 Å². The maximum atomic E-state index is 12.9. The first-order chi connectivity index (χ1) is 40.0. The Bertz CT molecular complexity index is 1720. The van der Waals surface area contributed by atoms with Crippen molar-refractivity contribution in [3.63, 3.8) is 0 Å². The predicted molar refractivity (Wildman–Crippen MR) is 353 cm³/mol. The second-order valence-electron chi connectivity index (χ2n) is 22.0. The van der Waals surface area contributed by atoms with Crippen molar-refractivity contribution in [2.45, 2.75) is 309 Å². The van der Waals surface area contributed by atoms with Crippen LogP contribution in [0.2, 0.25) is 0 Å². The Hall–Kier alpha value is -4.45. The summed E-state index contributed by atoms with van der Waals surface area (Å²) in [6.45, 7) is 6.35. The highest BCUT2D eigenvalue weighted by Crippen LogP contribution is 2.16. The van der Waals surface area contributed by atoms with E-state index in [1.54, 1.807) is 0 Å². The highest BCUT2D eigenvalue weighted by molar-refractivity contribution is 5.71.